The number of carbonyl (C=O) groups is 2. The first kappa shape index (κ1) is 19.5. The number of halogens is 1. The van der Waals surface area contributed by atoms with E-state index in [0.717, 1.165) is 6.07 Å². The second-order valence-electron chi connectivity index (χ2n) is 5.24. The number of aliphatic hydroxyl groups excluding tert-OH is 1. The summed E-state index contributed by atoms with van der Waals surface area (Å²) in [6.07, 6.45) is 0. The largest absolute Gasteiger partial charge is 0.395 e. The summed E-state index contributed by atoms with van der Waals surface area (Å²) < 4.78 is 0. The van der Waals surface area contributed by atoms with Gasteiger partial charge in [-0.3, -0.25) is 19.7 Å². The van der Waals surface area contributed by atoms with Gasteiger partial charge in [0.1, 0.15) is 0 Å². The van der Waals surface area contributed by atoms with E-state index in [1.807, 2.05) is 0 Å². The molecule has 0 atom stereocenters. The van der Waals surface area contributed by atoms with Crippen molar-refractivity contribution in [3.63, 3.8) is 0 Å². The van der Waals surface area contributed by atoms with Gasteiger partial charge in [0.05, 0.1) is 34.3 Å². The zero-order valence-corrected chi connectivity index (χ0v) is 14.3. The molecule has 3 N–H and O–H groups in total. The molecular weight excluding hydrogens is 362 g/mol. The van der Waals surface area contributed by atoms with E-state index in [4.69, 9.17) is 16.7 Å². The second kappa shape index (κ2) is 9.04. The van der Waals surface area contributed by atoms with Crippen LogP contribution in [0.2, 0.25) is 5.02 Å². The molecule has 0 aliphatic rings. The summed E-state index contributed by atoms with van der Waals surface area (Å²) in [5.41, 5.74) is -0.0143. The first-order chi connectivity index (χ1) is 12.4. The number of nitrogens with one attached hydrogen (secondary N) is 2. The molecule has 9 heteroatoms. The van der Waals surface area contributed by atoms with Crippen molar-refractivity contribution in [3.05, 3.63) is 68.7 Å². The molecule has 0 saturated carbocycles. The van der Waals surface area contributed by atoms with Crippen LogP contribution in [0.1, 0.15) is 15.9 Å². The highest BCUT2D eigenvalue weighted by atomic mass is 35.5. The average molecular weight is 378 g/mol. The smallest absolute Gasteiger partial charge is 0.270 e. The van der Waals surface area contributed by atoms with Crippen molar-refractivity contribution in [1.29, 1.82) is 0 Å². The van der Waals surface area contributed by atoms with Crippen LogP contribution in [0.25, 0.3) is 0 Å². The van der Waals surface area contributed by atoms with Gasteiger partial charge in [-0.25, -0.2) is 0 Å². The number of benzene rings is 2. The van der Waals surface area contributed by atoms with E-state index in [1.165, 1.54) is 24.3 Å². The van der Waals surface area contributed by atoms with Crippen molar-refractivity contribution < 1.29 is 19.6 Å². The van der Waals surface area contributed by atoms with E-state index in [9.17, 15) is 19.7 Å². The Hall–Kier alpha value is -2.81. The fraction of sp³-hybridized carbons (Fsp3) is 0.176. The van der Waals surface area contributed by atoms with Gasteiger partial charge in [-0.15, -0.1) is 0 Å². The minimum Gasteiger partial charge on any atom is -0.395 e. The number of nitro benzene ring substituents is 1. The zero-order chi connectivity index (χ0) is 19.1. The molecule has 0 aliphatic carbocycles. The number of hydrogen-bond donors (Lipinski definition) is 3. The lowest BCUT2D eigenvalue weighted by Gasteiger charge is -2.11. The van der Waals surface area contributed by atoms with Crippen LogP contribution >= 0.6 is 11.6 Å². The summed E-state index contributed by atoms with van der Waals surface area (Å²) in [7, 11) is 0. The maximum Gasteiger partial charge on any atom is 0.270 e. The van der Waals surface area contributed by atoms with Crippen LogP contribution in [0.3, 0.4) is 0 Å². The van der Waals surface area contributed by atoms with Crippen LogP contribution in [0.15, 0.2) is 42.5 Å². The first-order valence-corrected chi connectivity index (χ1v) is 8.01. The molecule has 1 amide bonds. The Morgan fingerprint density at radius 3 is 2.54 bits per heavy atom. The number of non-ortho nitro benzene ring substituents is 1. The molecular formula is C17H16ClN3O5. The topological polar surface area (TPSA) is 122 Å². The number of hydrogen-bond acceptors (Lipinski definition) is 6. The normalized spacial score (nSPS) is 10.4. The molecule has 8 nitrogen and oxygen atoms in total. The minimum atomic E-state index is -0.627. The van der Waals surface area contributed by atoms with E-state index in [-0.39, 0.29) is 47.2 Å². The third-order valence-corrected chi connectivity index (χ3v) is 3.75. The van der Waals surface area contributed by atoms with Gasteiger partial charge in [0.15, 0.2) is 5.78 Å². The monoisotopic (exact) mass is 377 g/mol. The highest BCUT2D eigenvalue weighted by molar-refractivity contribution is 6.35. The predicted molar refractivity (Wildman–Crippen MR) is 96.6 cm³/mol. The summed E-state index contributed by atoms with van der Waals surface area (Å²) in [5, 5.41) is 25.2. The van der Waals surface area contributed by atoms with Crippen molar-refractivity contribution in [3.8, 4) is 0 Å². The Bertz CT molecular complexity index is 841. The van der Waals surface area contributed by atoms with Crippen LogP contribution in [0, 0.1) is 10.1 Å². The van der Waals surface area contributed by atoms with Crippen LogP contribution < -0.4 is 10.6 Å². The quantitative estimate of drug-likeness (QED) is 0.280. The Kier molecular flexibility index (Phi) is 6.79. The molecule has 2 aromatic carbocycles. The van der Waals surface area contributed by atoms with Crippen LogP contribution in [-0.4, -0.2) is 41.4 Å². The standard InChI is InChI=1S/C17H16ClN3O5/c18-14-4-2-1-3-12(14)17(24)13-9-11(21(25)26)5-6-15(13)20-16(23)10-19-7-8-22/h1-6,9,19,22H,7-8,10H2,(H,20,23). The third-order valence-electron chi connectivity index (χ3n) is 3.43. The van der Waals surface area contributed by atoms with E-state index in [0.29, 0.717) is 0 Å². The Morgan fingerprint density at radius 1 is 1.15 bits per heavy atom. The van der Waals surface area contributed by atoms with E-state index in [1.54, 1.807) is 12.1 Å². The predicted octanol–water partition coefficient (Wildman–Crippen LogP) is 2.00. The summed E-state index contributed by atoms with van der Waals surface area (Å²) in [4.78, 5) is 35.2. The van der Waals surface area contributed by atoms with Gasteiger partial charge in [-0.05, 0) is 18.2 Å². The lowest BCUT2D eigenvalue weighted by molar-refractivity contribution is -0.384. The summed E-state index contributed by atoms with van der Waals surface area (Å²) >= 11 is 6.04. The fourth-order valence-electron chi connectivity index (χ4n) is 2.21. The lowest BCUT2D eigenvalue weighted by Crippen LogP contribution is -2.30. The number of nitro groups is 1. The zero-order valence-electron chi connectivity index (χ0n) is 13.6. The summed E-state index contributed by atoms with van der Waals surface area (Å²) in [6.45, 7) is 0.0252. The van der Waals surface area contributed by atoms with Crippen molar-refractivity contribution >= 4 is 34.7 Å². The molecule has 0 spiro atoms. The van der Waals surface area contributed by atoms with Gasteiger partial charge < -0.3 is 15.7 Å². The first-order valence-electron chi connectivity index (χ1n) is 7.63. The van der Waals surface area contributed by atoms with Crippen molar-refractivity contribution in [2.45, 2.75) is 0 Å². The fourth-order valence-corrected chi connectivity index (χ4v) is 2.43. The molecule has 0 saturated heterocycles. The molecule has 0 radical (unpaired) electrons. The van der Waals surface area contributed by atoms with Crippen molar-refractivity contribution in [2.24, 2.45) is 0 Å². The van der Waals surface area contributed by atoms with Gasteiger partial charge in [-0.2, -0.15) is 0 Å². The number of amides is 1. The molecule has 0 bridgehead atoms. The molecule has 136 valence electrons. The molecule has 2 aromatic rings. The van der Waals surface area contributed by atoms with Gasteiger partial charge in [-0.1, -0.05) is 23.7 Å². The Balaban J connectivity index is 2.36. The van der Waals surface area contributed by atoms with E-state index >= 15 is 0 Å². The molecule has 0 aliphatic heterocycles. The Labute approximate surface area is 153 Å². The highest BCUT2D eigenvalue weighted by Gasteiger charge is 2.21. The van der Waals surface area contributed by atoms with Crippen LogP contribution in [0.5, 0.6) is 0 Å². The maximum absolute atomic E-state index is 12.8. The highest BCUT2D eigenvalue weighted by Crippen LogP contribution is 2.27. The minimum absolute atomic E-state index is 0.0391. The van der Waals surface area contributed by atoms with Crippen LogP contribution in [-0.2, 0) is 4.79 Å². The summed E-state index contributed by atoms with van der Waals surface area (Å²) in [6, 6.07) is 9.89. The molecule has 0 heterocycles. The van der Waals surface area contributed by atoms with Gasteiger partial charge in [0.25, 0.3) is 5.69 Å². The number of nitrogens with zero attached hydrogens (tertiary/aromatic N) is 1. The molecule has 0 unspecified atom stereocenters. The number of aliphatic hydroxyl groups is 1. The van der Waals surface area contributed by atoms with Crippen molar-refractivity contribution in [2.75, 3.05) is 25.0 Å². The number of ketones is 1. The SMILES string of the molecule is O=C(CNCCO)Nc1ccc([N+](=O)[O-])cc1C(=O)c1ccccc1Cl. The number of anilines is 1. The summed E-state index contributed by atoms with van der Waals surface area (Å²) in [5.74, 6) is -1.00. The molecule has 26 heavy (non-hydrogen) atoms. The van der Waals surface area contributed by atoms with Crippen LogP contribution in [0.4, 0.5) is 11.4 Å². The average Bonchev–Trinajstić information content (AvgIpc) is 2.62. The second-order valence-corrected chi connectivity index (χ2v) is 5.65. The van der Waals surface area contributed by atoms with E-state index < -0.39 is 16.6 Å². The van der Waals surface area contributed by atoms with Gasteiger partial charge in [0.2, 0.25) is 5.91 Å². The maximum atomic E-state index is 12.8. The molecule has 2 rings (SSSR count). The number of carbonyl (C=O) groups excluding carboxylic acids is 2. The Morgan fingerprint density at radius 2 is 1.88 bits per heavy atom. The molecule has 0 fully saturated rings. The van der Waals surface area contributed by atoms with E-state index in [2.05, 4.69) is 10.6 Å². The van der Waals surface area contributed by atoms with Gasteiger partial charge in [0, 0.05) is 24.2 Å². The third kappa shape index (κ3) is 4.85. The number of rotatable bonds is 8. The van der Waals surface area contributed by atoms with Crippen molar-refractivity contribution in [1.82, 2.24) is 5.32 Å². The van der Waals surface area contributed by atoms with Gasteiger partial charge >= 0.3 is 0 Å². The molecule has 0 aromatic heterocycles. The lowest BCUT2D eigenvalue weighted by atomic mass is 10.0.